The van der Waals surface area contributed by atoms with E-state index in [4.69, 9.17) is 4.74 Å². The number of carbonyl (C=O) groups excluding carboxylic acids is 2. The van der Waals surface area contributed by atoms with Gasteiger partial charge in [-0.2, -0.15) is 0 Å². The van der Waals surface area contributed by atoms with Gasteiger partial charge in [-0.1, -0.05) is 48.5 Å². The van der Waals surface area contributed by atoms with Crippen LogP contribution in [0.15, 0.2) is 60.7 Å². The van der Waals surface area contributed by atoms with E-state index < -0.39 is 11.8 Å². The molecule has 0 radical (unpaired) electrons. The maximum Gasteiger partial charge on any atom is 0.316 e. The van der Waals surface area contributed by atoms with Crippen LogP contribution >= 0.6 is 0 Å². The third-order valence-electron chi connectivity index (χ3n) is 4.21. The van der Waals surface area contributed by atoms with Crippen LogP contribution in [0.25, 0.3) is 0 Å². The molecule has 1 heterocycles. The first-order valence-electron chi connectivity index (χ1n) is 8.54. The molecule has 1 aliphatic rings. The van der Waals surface area contributed by atoms with E-state index in [1.54, 1.807) is 0 Å². The molecule has 2 amide bonds. The Morgan fingerprint density at radius 2 is 1.72 bits per heavy atom. The highest BCUT2D eigenvalue weighted by Crippen LogP contribution is 2.17. The van der Waals surface area contributed by atoms with Crippen molar-refractivity contribution < 1.29 is 14.3 Å². The van der Waals surface area contributed by atoms with Crippen molar-refractivity contribution >= 4 is 17.5 Å². The highest BCUT2D eigenvalue weighted by molar-refractivity contribution is 6.40. The lowest BCUT2D eigenvalue weighted by molar-refractivity contribution is -0.138. The Balaban J connectivity index is 1.71. The number of rotatable bonds is 5. The van der Waals surface area contributed by atoms with Gasteiger partial charge in [0.1, 0.15) is 0 Å². The summed E-state index contributed by atoms with van der Waals surface area (Å²) >= 11 is 0. The Labute approximate surface area is 147 Å². The number of hydrogen-bond acceptors (Lipinski definition) is 3. The summed E-state index contributed by atoms with van der Waals surface area (Å²) in [5, 5.41) is 2.71. The first kappa shape index (κ1) is 17.2. The van der Waals surface area contributed by atoms with Gasteiger partial charge < -0.3 is 10.1 Å². The lowest BCUT2D eigenvalue weighted by atomic mass is 10.2. The zero-order valence-corrected chi connectivity index (χ0v) is 14.1. The molecule has 0 aromatic heterocycles. The molecule has 0 spiro atoms. The predicted octanol–water partition coefficient (Wildman–Crippen LogP) is 2.52. The normalized spacial score (nSPS) is 16.4. The largest absolute Gasteiger partial charge is 0.376 e. The molecule has 1 unspecified atom stereocenters. The minimum atomic E-state index is -0.602. The van der Waals surface area contributed by atoms with Gasteiger partial charge in [0.05, 0.1) is 12.6 Å². The van der Waals surface area contributed by atoms with Crippen molar-refractivity contribution in [2.75, 3.05) is 18.1 Å². The summed E-state index contributed by atoms with van der Waals surface area (Å²) in [6, 6.07) is 18.9. The number of ether oxygens (including phenoxy) is 1. The number of para-hydroxylation sites is 1. The molecule has 0 bridgehead atoms. The molecule has 1 N–H and O–H groups in total. The van der Waals surface area contributed by atoms with E-state index in [2.05, 4.69) is 5.32 Å². The van der Waals surface area contributed by atoms with Crippen molar-refractivity contribution in [1.29, 1.82) is 0 Å². The minimum absolute atomic E-state index is 0.0102. The number of anilines is 1. The van der Waals surface area contributed by atoms with Crippen molar-refractivity contribution in [2.24, 2.45) is 0 Å². The van der Waals surface area contributed by atoms with Gasteiger partial charge in [0.2, 0.25) is 0 Å². The highest BCUT2D eigenvalue weighted by atomic mass is 16.5. The topological polar surface area (TPSA) is 58.6 Å². The van der Waals surface area contributed by atoms with E-state index in [9.17, 15) is 9.59 Å². The highest BCUT2D eigenvalue weighted by Gasteiger charge is 2.25. The summed E-state index contributed by atoms with van der Waals surface area (Å²) < 4.78 is 5.48. The van der Waals surface area contributed by atoms with Crippen LogP contribution in [-0.2, 0) is 20.9 Å². The molecule has 2 aromatic rings. The Morgan fingerprint density at radius 1 is 1.04 bits per heavy atom. The molecule has 5 nitrogen and oxygen atoms in total. The zero-order valence-electron chi connectivity index (χ0n) is 14.1. The first-order valence-corrected chi connectivity index (χ1v) is 8.54. The van der Waals surface area contributed by atoms with E-state index in [0.717, 1.165) is 25.0 Å². The van der Waals surface area contributed by atoms with Gasteiger partial charge in [-0.25, -0.2) is 0 Å². The van der Waals surface area contributed by atoms with Crippen molar-refractivity contribution in [3.8, 4) is 0 Å². The average Bonchev–Trinajstić information content (AvgIpc) is 3.19. The molecule has 2 aromatic carbocycles. The van der Waals surface area contributed by atoms with Gasteiger partial charge in [-0.3, -0.25) is 14.5 Å². The van der Waals surface area contributed by atoms with Crippen molar-refractivity contribution in [3.63, 3.8) is 0 Å². The smallest absolute Gasteiger partial charge is 0.316 e. The first-order chi connectivity index (χ1) is 12.2. The Kier molecular flexibility index (Phi) is 5.80. The van der Waals surface area contributed by atoms with Crippen LogP contribution in [0.2, 0.25) is 0 Å². The third kappa shape index (κ3) is 4.67. The standard InChI is InChI=1S/C20H22N2O3/c23-19(21-14-18-12-7-13-25-18)20(24)22(17-10-5-2-6-11-17)15-16-8-3-1-4-9-16/h1-6,8-11,18H,7,12-15H2,(H,21,23). The van der Waals surface area contributed by atoms with Crippen LogP contribution in [0.5, 0.6) is 0 Å². The second kappa shape index (κ2) is 8.44. The van der Waals surface area contributed by atoms with E-state index >= 15 is 0 Å². The summed E-state index contributed by atoms with van der Waals surface area (Å²) in [6.45, 7) is 1.44. The maximum absolute atomic E-state index is 12.7. The zero-order chi connectivity index (χ0) is 17.5. The lowest BCUT2D eigenvalue weighted by Gasteiger charge is -2.23. The van der Waals surface area contributed by atoms with Crippen LogP contribution < -0.4 is 10.2 Å². The van der Waals surface area contributed by atoms with Crippen LogP contribution in [0.1, 0.15) is 18.4 Å². The van der Waals surface area contributed by atoms with Crippen molar-refractivity contribution in [2.45, 2.75) is 25.5 Å². The van der Waals surface area contributed by atoms with Gasteiger partial charge in [0.25, 0.3) is 0 Å². The average molecular weight is 338 g/mol. The van der Waals surface area contributed by atoms with Crippen LogP contribution in [0, 0.1) is 0 Å². The lowest BCUT2D eigenvalue weighted by Crippen LogP contribution is -2.44. The van der Waals surface area contributed by atoms with Crippen LogP contribution in [0.4, 0.5) is 5.69 Å². The fourth-order valence-corrected chi connectivity index (χ4v) is 2.86. The molecule has 0 aliphatic carbocycles. The van der Waals surface area contributed by atoms with Gasteiger partial charge in [0, 0.05) is 18.8 Å². The summed E-state index contributed by atoms with van der Waals surface area (Å²) in [7, 11) is 0. The molecule has 1 saturated heterocycles. The molecule has 1 aliphatic heterocycles. The minimum Gasteiger partial charge on any atom is -0.376 e. The molecule has 3 rings (SSSR count). The SMILES string of the molecule is O=C(NCC1CCCO1)C(=O)N(Cc1ccccc1)c1ccccc1. The Hall–Kier alpha value is -2.66. The molecule has 5 heteroatoms. The van der Waals surface area contributed by atoms with Crippen LogP contribution in [-0.4, -0.2) is 31.1 Å². The number of nitrogens with one attached hydrogen (secondary N) is 1. The maximum atomic E-state index is 12.7. The van der Waals surface area contributed by atoms with Crippen LogP contribution in [0.3, 0.4) is 0 Å². The van der Waals surface area contributed by atoms with Gasteiger partial charge in [0.15, 0.2) is 0 Å². The summed E-state index contributed by atoms with van der Waals surface area (Å²) in [5.41, 5.74) is 1.66. The van der Waals surface area contributed by atoms with Gasteiger partial charge in [-0.05, 0) is 30.5 Å². The quantitative estimate of drug-likeness (QED) is 0.852. The summed E-state index contributed by atoms with van der Waals surface area (Å²) in [5.74, 6) is -1.16. The summed E-state index contributed by atoms with van der Waals surface area (Å²) in [4.78, 5) is 26.6. The molecule has 1 fully saturated rings. The van der Waals surface area contributed by atoms with E-state index in [1.807, 2.05) is 60.7 Å². The van der Waals surface area contributed by atoms with Crippen molar-refractivity contribution in [1.82, 2.24) is 5.32 Å². The molecular weight excluding hydrogens is 316 g/mol. The second-order valence-corrected chi connectivity index (χ2v) is 6.06. The molecule has 130 valence electrons. The van der Waals surface area contributed by atoms with E-state index in [-0.39, 0.29) is 6.10 Å². The third-order valence-corrected chi connectivity index (χ3v) is 4.21. The molecule has 1 atom stereocenters. The van der Waals surface area contributed by atoms with E-state index in [0.29, 0.717) is 18.8 Å². The monoisotopic (exact) mass is 338 g/mol. The molecular formula is C20H22N2O3. The Bertz CT molecular complexity index is 697. The molecule has 25 heavy (non-hydrogen) atoms. The number of hydrogen-bond donors (Lipinski definition) is 1. The fourth-order valence-electron chi connectivity index (χ4n) is 2.86. The number of nitrogens with zero attached hydrogens (tertiary/aromatic N) is 1. The van der Waals surface area contributed by atoms with Crippen molar-refractivity contribution in [3.05, 3.63) is 66.2 Å². The molecule has 0 saturated carbocycles. The number of amides is 2. The van der Waals surface area contributed by atoms with Gasteiger partial charge >= 0.3 is 11.8 Å². The Morgan fingerprint density at radius 3 is 2.36 bits per heavy atom. The predicted molar refractivity (Wildman–Crippen MR) is 96.1 cm³/mol. The van der Waals surface area contributed by atoms with E-state index in [1.165, 1.54) is 4.90 Å². The fraction of sp³-hybridized carbons (Fsp3) is 0.300. The second-order valence-electron chi connectivity index (χ2n) is 6.06. The summed E-state index contributed by atoms with van der Waals surface area (Å²) in [6.07, 6.45) is 1.93. The number of carbonyl (C=O) groups is 2. The van der Waals surface area contributed by atoms with Gasteiger partial charge in [-0.15, -0.1) is 0 Å². The number of benzene rings is 2.